The van der Waals surface area contributed by atoms with Gasteiger partial charge in [-0.3, -0.25) is 0 Å². The van der Waals surface area contributed by atoms with E-state index < -0.39 is 0 Å². The number of hydrogen-bond acceptors (Lipinski definition) is 4. The summed E-state index contributed by atoms with van der Waals surface area (Å²) in [5, 5.41) is 3.12. The Morgan fingerprint density at radius 3 is 2.88 bits per heavy atom. The fourth-order valence-electron chi connectivity index (χ4n) is 1.28. The molecule has 2 nitrogen and oxygen atoms in total. The molecule has 0 bridgehead atoms. The van der Waals surface area contributed by atoms with Gasteiger partial charge in [0, 0.05) is 11.0 Å². The van der Waals surface area contributed by atoms with E-state index in [0.29, 0.717) is 0 Å². The van der Waals surface area contributed by atoms with E-state index >= 15 is 0 Å². The molecular formula is C12H10N2S2. The van der Waals surface area contributed by atoms with Crippen molar-refractivity contribution in [2.45, 2.75) is 0 Å². The van der Waals surface area contributed by atoms with Crippen LogP contribution in [0.4, 0.5) is 0 Å². The highest BCUT2D eigenvalue weighted by Crippen LogP contribution is 2.28. The first kappa shape index (κ1) is 11.0. The molecule has 0 aromatic carbocycles. The average Bonchev–Trinajstić information content (AvgIpc) is 2.87. The van der Waals surface area contributed by atoms with E-state index in [1.165, 1.54) is 23.1 Å². The molecule has 0 aliphatic carbocycles. The molecule has 4 heteroatoms. The normalized spacial score (nSPS) is 12.4. The van der Waals surface area contributed by atoms with Gasteiger partial charge in [0.2, 0.25) is 0 Å². The molecule has 0 amide bonds. The molecule has 0 spiro atoms. The summed E-state index contributed by atoms with van der Waals surface area (Å²) in [4.78, 5) is 0.987. The van der Waals surface area contributed by atoms with Crippen LogP contribution in [0.1, 0.15) is 5.69 Å². The van der Waals surface area contributed by atoms with Crippen LogP contribution in [-0.4, -0.2) is 8.75 Å². The number of nitrogens with zero attached hydrogens (tertiary/aromatic N) is 2. The predicted octanol–water partition coefficient (Wildman–Crippen LogP) is 4.06. The predicted molar refractivity (Wildman–Crippen MR) is 72.8 cm³/mol. The van der Waals surface area contributed by atoms with Crippen LogP contribution in [0, 0.1) is 0 Å². The van der Waals surface area contributed by atoms with E-state index in [2.05, 4.69) is 21.9 Å². The Balaban J connectivity index is 2.45. The Labute approximate surface area is 102 Å². The van der Waals surface area contributed by atoms with Gasteiger partial charge in [0.05, 0.1) is 11.1 Å². The minimum absolute atomic E-state index is 0.956. The Kier molecular flexibility index (Phi) is 3.44. The Morgan fingerprint density at radius 2 is 2.12 bits per heavy atom. The topological polar surface area (TPSA) is 25.8 Å². The van der Waals surface area contributed by atoms with Gasteiger partial charge in [-0.05, 0) is 23.1 Å². The largest absolute Gasteiger partial charge is 0.190 e. The van der Waals surface area contributed by atoms with E-state index in [1.807, 2.05) is 23.6 Å². The number of fused-ring (bicyclic) bond motifs is 1. The van der Waals surface area contributed by atoms with Crippen LogP contribution in [0.2, 0.25) is 0 Å². The zero-order valence-corrected chi connectivity index (χ0v) is 10.2. The fraction of sp³-hybridized carbons (Fsp3) is 0. The molecule has 0 aliphatic rings. The van der Waals surface area contributed by atoms with Crippen LogP contribution in [0.25, 0.3) is 15.8 Å². The van der Waals surface area contributed by atoms with Crippen LogP contribution in [-0.2, 0) is 0 Å². The van der Waals surface area contributed by atoms with Crippen LogP contribution in [0.3, 0.4) is 0 Å². The van der Waals surface area contributed by atoms with Crippen LogP contribution >= 0.6 is 23.1 Å². The van der Waals surface area contributed by atoms with Gasteiger partial charge in [-0.1, -0.05) is 43.5 Å². The first-order valence-electron chi connectivity index (χ1n) is 4.68. The maximum Gasteiger partial charge on any atom is 0.157 e. The van der Waals surface area contributed by atoms with Crippen molar-refractivity contribution in [1.29, 1.82) is 0 Å². The van der Waals surface area contributed by atoms with Crippen LogP contribution < -0.4 is 0 Å². The van der Waals surface area contributed by atoms with Gasteiger partial charge < -0.3 is 0 Å². The third-order valence-electron chi connectivity index (χ3n) is 2.03. The summed E-state index contributed by atoms with van der Waals surface area (Å²) in [5.74, 6) is 0. The van der Waals surface area contributed by atoms with Gasteiger partial charge in [0.15, 0.2) is 4.83 Å². The van der Waals surface area contributed by atoms with E-state index in [9.17, 15) is 0 Å². The van der Waals surface area contributed by atoms with Gasteiger partial charge in [-0.2, -0.15) is 8.75 Å². The van der Waals surface area contributed by atoms with Crippen molar-refractivity contribution < 1.29 is 0 Å². The smallest absolute Gasteiger partial charge is 0.157 e. The molecule has 2 aromatic heterocycles. The second kappa shape index (κ2) is 5.01. The summed E-state index contributed by atoms with van der Waals surface area (Å²) in [6, 6.07) is 0. The Bertz CT molecular complexity index is 573. The lowest BCUT2D eigenvalue weighted by molar-refractivity contribution is 1.51. The molecule has 0 N–H and O–H groups in total. The molecule has 16 heavy (non-hydrogen) atoms. The molecule has 0 saturated carbocycles. The van der Waals surface area contributed by atoms with Crippen molar-refractivity contribution in [2.75, 3.05) is 0 Å². The fourth-order valence-corrected chi connectivity index (χ4v) is 2.83. The van der Waals surface area contributed by atoms with Gasteiger partial charge >= 0.3 is 0 Å². The van der Waals surface area contributed by atoms with Crippen LogP contribution in [0.5, 0.6) is 0 Å². The highest BCUT2D eigenvalue weighted by atomic mass is 32.1. The molecule has 0 atom stereocenters. The lowest BCUT2D eigenvalue weighted by Crippen LogP contribution is -1.79. The summed E-state index contributed by atoms with van der Waals surface area (Å²) in [6.45, 7) is 7.43. The van der Waals surface area contributed by atoms with E-state index in [0.717, 1.165) is 21.5 Å². The van der Waals surface area contributed by atoms with Crippen molar-refractivity contribution in [1.82, 2.24) is 8.75 Å². The second-order valence-corrected chi connectivity index (χ2v) is 4.39. The maximum absolute atomic E-state index is 4.39. The zero-order valence-electron chi connectivity index (χ0n) is 8.59. The van der Waals surface area contributed by atoms with Gasteiger partial charge in [-0.25, -0.2) is 0 Å². The molecule has 0 fully saturated rings. The van der Waals surface area contributed by atoms with E-state index in [-0.39, 0.29) is 0 Å². The molecule has 0 unspecified atom stereocenters. The van der Waals surface area contributed by atoms with Gasteiger partial charge in [0.25, 0.3) is 0 Å². The lowest BCUT2D eigenvalue weighted by Gasteiger charge is -1.94. The number of allylic oxidation sites excluding steroid dienone is 6. The van der Waals surface area contributed by atoms with E-state index in [4.69, 9.17) is 0 Å². The Hall–Kier alpha value is -1.52. The number of rotatable bonds is 4. The molecule has 0 aliphatic heterocycles. The van der Waals surface area contributed by atoms with Crippen molar-refractivity contribution in [3.05, 3.63) is 54.6 Å². The van der Waals surface area contributed by atoms with Crippen molar-refractivity contribution in [3.8, 4) is 0 Å². The van der Waals surface area contributed by atoms with E-state index in [1.54, 1.807) is 12.2 Å². The number of aromatic nitrogens is 2. The molecule has 0 radical (unpaired) electrons. The quantitative estimate of drug-likeness (QED) is 0.760. The summed E-state index contributed by atoms with van der Waals surface area (Å²) in [5.41, 5.74) is 1.96. The standard InChI is InChI=1S/C12H10N2S2/c1-3-5-6-7-9(4-2)11-10-8-15-14-12(10)16-13-11/h3-8H,1-2H2/b6-5-,9-7+. The monoisotopic (exact) mass is 246 g/mol. The third kappa shape index (κ3) is 2.03. The van der Waals surface area contributed by atoms with Crippen molar-refractivity contribution in [2.24, 2.45) is 0 Å². The Morgan fingerprint density at radius 1 is 1.25 bits per heavy atom. The summed E-state index contributed by atoms with van der Waals surface area (Å²) < 4.78 is 8.65. The van der Waals surface area contributed by atoms with Crippen molar-refractivity contribution in [3.63, 3.8) is 0 Å². The molecule has 2 rings (SSSR count). The van der Waals surface area contributed by atoms with Gasteiger partial charge in [0.1, 0.15) is 0 Å². The minimum atomic E-state index is 0.956. The van der Waals surface area contributed by atoms with Crippen LogP contribution in [0.15, 0.2) is 48.9 Å². The minimum Gasteiger partial charge on any atom is -0.190 e. The molecule has 2 heterocycles. The maximum atomic E-state index is 4.39. The third-order valence-corrected chi connectivity index (χ3v) is 3.53. The molecule has 2 aromatic rings. The molecular weight excluding hydrogens is 236 g/mol. The molecule has 80 valence electrons. The highest BCUT2D eigenvalue weighted by Gasteiger charge is 2.09. The average molecular weight is 246 g/mol. The first-order valence-corrected chi connectivity index (χ1v) is 6.29. The summed E-state index contributed by atoms with van der Waals surface area (Å²) in [6.07, 6.45) is 9.31. The summed E-state index contributed by atoms with van der Waals surface area (Å²) in [7, 11) is 0. The first-order chi connectivity index (χ1) is 7.86. The zero-order chi connectivity index (χ0) is 11.4. The number of hydrogen-bond donors (Lipinski definition) is 0. The van der Waals surface area contributed by atoms with Gasteiger partial charge in [-0.15, -0.1) is 0 Å². The highest BCUT2D eigenvalue weighted by molar-refractivity contribution is 7.16. The SMILES string of the molecule is C=C/C=C\C=C(/C=C)c1nsc2nscc12. The summed E-state index contributed by atoms with van der Waals surface area (Å²) >= 11 is 2.87. The lowest BCUT2D eigenvalue weighted by atomic mass is 10.1. The van der Waals surface area contributed by atoms with Crippen molar-refractivity contribution >= 4 is 38.9 Å². The second-order valence-electron chi connectivity index (χ2n) is 3.01. The molecule has 0 saturated heterocycles.